The van der Waals surface area contributed by atoms with Gasteiger partial charge in [0.2, 0.25) is 0 Å². The Hall–Kier alpha value is -0.0400. The zero-order valence-corrected chi connectivity index (χ0v) is 13.6. The van der Waals surface area contributed by atoms with E-state index in [0.29, 0.717) is 5.92 Å². The Kier molecular flexibility index (Phi) is 8.06. The Balaban J connectivity index is 2.07. The summed E-state index contributed by atoms with van der Waals surface area (Å²) in [5.41, 5.74) is -0.347. The molecule has 0 aromatic heterocycles. The van der Waals surface area contributed by atoms with Crippen LogP contribution in [-0.2, 0) is 0 Å². The zero-order chi connectivity index (χ0) is 14.1. The topological polar surface area (TPSA) is 20.2 Å². The molecule has 0 heterocycles. The Labute approximate surface area is 121 Å². The third-order valence-electron chi connectivity index (χ3n) is 5.17. The molecule has 1 N–H and O–H groups in total. The molecule has 0 spiro atoms. The van der Waals surface area contributed by atoms with Crippen molar-refractivity contribution in [1.82, 2.24) is 0 Å². The van der Waals surface area contributed by atoms with Gasteiger partial charge in [-0.1, -0.05) is 78.6 Å². The van der Waals surface area contributed by atoms with Gasteiger partial charge in [-0.15, -0.1) is 0 Å². The van der Waals surface area contributed by atoms with Gasteiger partial charge < -0.3 is 5.11 Å². The number of hydrogen-bond donors (Lipinski definition) is 1. The molecule has 1 fully saturated rings. The third kappa shape index (κ3) is 6.29. The van der Waals surface area contributed by atoms with Crippen LogP contribution < -0.4 is 0 Å². The highest BCUT2D eigenvalue weighted by molar-refractivity contribution is 4.89. The van der Waals surface area contributed by atoms with E-state index in [1.807, 2.05) is 0 Å². The second-order valence-corrected chi connectivity index (χ2v) is 7.12. The van der Waals surface area contributed by atoms with E-state index < -0.39 is 0 Å². The summed E-state index contributed by atoms with van der Waals surface area (Å²) in [6, 6.07) is 0. The van der Waals surface area contributed by atoms with E-state index in [1.54, 1.807) is 0 Å². The lowest BCUT2D eigenvalue weighted by Gasteiger charge is -2.41. The first kappa shape index (κ1) is 17.0. The lowest BCUT2D eigenvalue weighted by molar-refractivity contribution is -0.0644. The van der Waals surface area contributed by atoms with Crippen molar-refractivity contribution in [3.05, 3.63) is 0 Å². The van der Waals surface area contributed by atoms with Crippen molar-refractivity contribution < 1.29 is 5.11 Å². The molecule has 0 aromatic carbocycles. The van der Waals surface area contributed by atoms with E-state index in [4.69, 9.17) is 0 Å². The van der Waals surface area contributed by atoms with Crippen molar-refractivity contribution in [1.29, 1.82) is 0 Å². The van der Waals surface area contributed by atoms with Crippen LogP contribution in [0.3, 0.4) is 0 Å². The minimum Gasteiger partial charge on any atom is -0.390 e. The average Bonchev–Trinajstić information content (AvgIpc) is 2.37. The van der Waals surface area contributed by atoms with E-state index >= 15 is 0 Å². The molecular formula is C18H36O. The SMILES string of the molecule is CCCCCCCCCCC1(O)CC(C)CCC1C. The summed E-state index contributed by atoms with van der Waals surface area (Å²) in [5, 5.41) is 10.8. The number of rotatable bonds is 9. The molecule has 1 nitrogen and oxygen atoms in total. The predicted octanol–water partition coefficient (Wildman–Crippen LogP) is 5.70. The first-order valence-electron chi connectivity index (χ1n) is 8.81. The van der Waals surface area contributed by atoms with Crippen LogP contribution in [0.5, 0.6) is 0 Å². The third-order valence-corrected chi connectivity index (χ3v) is 5.17. The molecule has 1 heteroatoms. The quantitative estimate of drug-likeness (QED) is 0.531. The molecule has 3 atom stereocenters. The van der Waals surface area contributed by atoms with Gasteiger partial charge in [-0.2, -0.15) is 0 Å². The Morgan fingerprint density at radius 3 is 2.11 bits per heavy atom. The van der Waals surface area contributed by atoms with E-state index in [-0.39, 0.29) is 5.60 Å². The highest BCUT2D eigenvalue weighted by atomic mass is 16.3. The van der Waals surface area contributed by atoms with Crippen LogP contribution in [0.1, 0.15) is 97.8 Å². The normalized spacial score (nSPS) is 31.6. The molecule has 1 saturated carbocycles. The van der Waals surface area contributed by atoms with Gasteiger partial charge in [-0.3, -0.25) is 0 Å². The van der Waals surface area contributed by atoms with Gasteiger partial charge in [0.25, 0.3) is 0 Å². The molecule has 1 aliphatic rings. The molecule has 0 bridgehead atoms. The van der Waals surface area contributed by atoms with Gasteiger partial charge in [-0.05, 0) is 31.1 Å². The summed E-state index contributed by atoms with van der Waals surface area (Å²) in [5.74, 6) is 1.23. The van der Waals surface area contributed by atoms with E-state index in [0.717, 1.165) is 18.8 Å². The van der Waals surface area contributed by atoms with Crippen LogP contribution in [0.2, 0.25) is 0 Å². The largest absolute Gasteiger partial charge is 0.390 e. The predicted molar refractivity (Wildman–Crippen MR) is 84.4 cm³/mol. The molecule has 0 radical (unpaired) electrons. The fourth-order valence-electron chi connectivity index (χ4n) is 3.62. The summed E-state index contributed by atoms with van der Waals surface area (Å²) in [7, 11) is 0. The lowest BCUT2D eigenvalue weighted by Crippen LogP contribution is -2.41. The van der Waals surface area contributed by atoms with Gasteiger partial charge in [0.1, 0.15) is 0 Å². The fourth-order valence-corrected chi connectivity index (χ4v) is 3.62. The molecule has 0 aliphatic heterocycles. The highest BCUT2D eigenvalue weighted by Gasteiger charge is 2.37. The first-order chi connectivity index (χ1) is 9.08. The lowest BCUT2D eigenvalue weighted by atomic mass is 9.70. The molecule has 0 saturated heterocycles. The molecule has 0 amide bonds. The van der Waals surface area contributed by atoms with Gasteiger partial charge in [0, 0.05) is 0 Å². The highest BCUT2D eigenvalue weighted by Crippen LogP contribution is 2.40. The fraction of sp³-hybridized carbons (Fsp3) is 1.00. The summed E-state index contributed by atoms with van der Waals surface area (Å²) in [6.45, 7) is 6.81. The minimum atomic E-state index is -0.347. The van der Waals surface area contributed by atoms with Gasteiger partial charge >= 0.3 is 0 Å². The maximum atomic E-state index is 10.8. The van der Waals surface area contributed by atoms with Crippen molar-refractivity contribution >= 4 is 0 Å². The average molecular weight is 268 g/mol. The van der Waals surface area contributed by atoms with Crippen molar-refractivity contribution in [3.8, 4) is 0 Å². The molecule has 19 heavy (non-hydrogen) atoms. The summed E-state index contributed by atoms with van der Waals surface area (Å²) < 4.78 is 0. The summed E-state index contributed by atoms with van der Waals surface area (Å²) >= 11 is 0. The first-order valence-corrected chi connectivity index (χ1v) is 8.81. The monoisotopic (exact) mass is 268 g/mol. The van der Waals surface area contributed by atoms with Crippen LogP contribution >= 0.6 is 0 Å². The van der Waals surface area contributed by atoms with Crippen LogP contribution in [0.25, 0.3) is 0 Å². The molecular weight excluding hydrogens is 232 g/mol. The number of hydrogen-bond acceptors (Lipinski definition) is 1. The molecule has 114 valence electrons. The second kappa shape index (κ2) is 9.00. The zero-order valence-electron chi connectivity index (χ0n) is 13.6. The van der Waals surface area contributed by atoms with Crippen LogP contribution in [-0.4, -0.2) is 10.7 Å². The minimum absolute atomic E-state index is 0.347. The van der Waals surface area contributed by atoms with Crippen molar-refractivity contribution in [2.24, 2.45) is 11.8 Å². The Morgan fingerprint density at radius 2 is 1.47 bits per heavy atom. The summed E-state index contributed by atoms with van der Waals surface area (Å²) in [6.07, 6.45) is 15.4. The Morgan fingerprint density at radius 1 is 0.895 bits per heavy atom. The van der Waals surface area contributed by atoms with E-state index in [2.05, 4.69) is 20.8 Å². The molecule has 1 rings (SSSR count). The second-order valence-electron chi connectivity index (χ2n) is 7.12. The van der Waals surface area contributed by atoms with Gasteiger partial charge in [-0.25, -0.2) is 0 Å². The smallest absolute Gasteiger partial charge is 0.0675 e. The molecule has 3 unspecified atom stereocenters. The molecule has 0 aromatic rings. The summed E-state index contributed by atoms with van der Waals surface area (Å²) in [4.78, 5) is 0. The van der Waals surface area contributed by atoms with E-state index in [1.165, 1.54) is 64.2 Å². The van der Waals surface area contributed by atoms with Crippen LogP contribution in [0.15, 0.2) is 0 Å². The Bertz CT molecular complexity index is 226. The maximum absolute atomic E-state index is 10.8. The van der Waals surface area contributed by atoms with Gasteiger partial charge in [0.15, 0.2) is 0 Å². The number of aliphatic hydroxyl groups is 1. The van der Waals surface area contributed by atoms with E-state index in [9.17, 15) is 5.11 Å². The maximum Gasteiger partial charge on any atom is 0.0675 e. The van der Waals surface area contributed by atoms with Crippen molar-refractivity contribution in [2.75, 3.05) is 0 Å². The van der Waals surface area contributed by atoms with Crippen molar-refractivity contribution in [3.63, 3.8) is 0 Å². The van der Waals surface area contributed by atoms with Crippen molar-refractivity contribution in [2.45, 2.75) is 103 Å². The van der Waals surface area contributed by atoms with Gasteiger partial charge in [0.05, 0.1) is 5.60 Å². The van der Waals surface area contributed by atoms with Crippen LogP contribution in [0.4, 0.5) is 0 Å². The van der Waals surface area contributed by atoms with Crippen LogP contribution in [0, 0.1) is 11.8 Å². The number of unbranched alkanes of at least 4 members (excludes halogenated alkanes) is 7. The molecule has 1 aliphatic carbocycles. The standard InChI is InChI=1S/C18H36O/c1-4-5-6-7-8-9-10-11-14-18(19)15-16(2)12-13-17(18)3/h16-17,19H,4-15H2,1-3H3.